The predicted octanol–water partition coefficient (Wildman–Crippen LogP) is 5.99. The van der Waals surface area contributed by atoms with Crippen LogP contribution in [0.4, 0.5) is 19.0 Å². The van der Waals surface area contributed by atoms with E-state index < -0.39 is 51.8 Å². The molecule has 11 heteroatoms. The summed E-state index contributed by atoms with van der Waals surface area (Å²) in [5.41, 5.74) is 4.34. The number of carbonyl (C=O) groups excluding carboxylic acids is 1. The zero-order chi connectivity index (χ0) is 33.7. The van der Waals surface area contributed by atoms with Crippen molar-refractivity contribution in [2.24, 2.45) is 5.92 Å². The topological polar surface area (TPSA) is 124 Å². The molecule has 1 aromatic heterocycles. The summed E-state index contributed by atoms with van der Waals surface area (Å²) < 4.78 is 50.6. The van der Waals surface area contributed by atoms with Gasteiger partial charge in [-0.3, -0.25) is 19.0 Å². The first-order valence-electron chi connectivity index (χ1n) is 15.5. The number of carboxylic acid groups (broad SMARTS) is 1. The molecule has 47 heavy (non-hydrogen) atoms. The smallest absolute Gasteiger partial charge is 0.324 e. The predicted molar refractivity (Wildman–Crippen MR) is 172 cm³/mol. The SMILES string of the molecule is Cc1cc(C(=O)c2ccc(=O)n(-c3c(F)cc(OCCCN[C@](Cc4ccccc4)(C(=O)O)C4CCCC4)cc3F)c2N)ccc1F. The second-order valence-electron chi connectivity index (χ2n) is 11.9. The number of benzene rings is 3. The van der Waals surface area contributed by atoms with Crippen LogP contribution in [0.5, 0.6) is 5.75 Å². The lowest BCUT2D eigenvalue weighted by Crippen LogP contribution is -2.59. The van der Waals surface area contributed by atoms with Crippen LogP contribution in [0.1, 0.15) is 59.2 Å². The second-order valence-corrected chi connectivity index (χ2v) is 11.9. The van der Waals surface area contributed by atoms with Crippen molar-refractivity contribution in [1.29, 1.82) is 0 Å². The molecule has 1 aliphatic carbocycles. The summed E-state index contributed by atoms with van der Waals surface area (Å²) in [4.78, 5) is 38.5. The molecular weight excluding hydrogens is 611 g/mol. The number of ether oxygens (including phenoxy) is 1. The van der Waals surface area contributed by atoms with Gasteiger partial charge in [-0.05, 0) is 74.0 Å². The third-order valence-electron chi connectivity index (χ3n) is 8.80. The van der Waals surface area contributed by atoms with E-state index >= 15 is 8.78 Å². The zero-order valence-electron chi connectivity index (χ0n) is 25.9. The van der Waals surface area contributed by atoms with Crippen LogP contribution in [-0.2, 0) is 11.2 Å². The third-order valence-corrected chi connectivity index (χ3v) is 8.80. The fourth-order valence-electron chi connectivity index (χ4n) is 6.34. The molecule has 1 atom stereocenters. The monoisotopic (exact) mass is 647 g/mol. The number of carboxylic acids is 1. The maximum Gasteiger partial charge on any atom is 0.324 e. The van der Waals surface area contributed by atoms with E-state index in [-0.39, 0.29) is 35.0 Å². The maximum atomic E-state index is 15.4. The van der Waals surface area contributed by atoms with Gasteiger partial charge in [0.15, 0.2) is 17.4 Å². The molecule has 0 unspecified atom stereocenters. The normalized spacial score (nSPS) is 14.6. The fraction of sp³-hybridized carbons (Fsp3) is 0.306. The number of pyridine rings is 1. The molecular formula is C36H36F3N3O5. The molecule has 0 amide bonds. The van der Waals surface area contributed by atoms with Gasteiger partial charge in [-0.2, -0.15) is 0 Å². The second kappa shape index (κ2) is 14.3. The summed E-state index contributed by atoms with van der Waals surface area (Å²) in [6.45, 7) is 1.80. The Kier molecular flexibility index (Phi) is 10.1. The van der Waals surface area contributed by atoms with Gasteiger partial charge in [0.25, 0.3) is 5.56 Å². The Morgan fingerprint density at radius 2 is 1.66 bits per heavy atom. The van der Waals surface area contributed by atoms with Gasteiger partial charge < -0.3 is 20.9 Å². The molecule has 3 aromatic carbocycles. The lowest BCUT2D eigenvalue weighted by Gasteiger charge is -2.36. The van der Waals surface area contributed by atoms with E-state index in [0.29, 0.717) is 24.0 Å². The summed E-state index contributed by atoms with van der Waals surface area (Å²) in [6, 6.07) is 17.1. The molecule has 246 valence electrons. The van der Waals surface area contributed by atoms with Crippen molar-refractivity contribution < 1.29 is 32.6 Å². The van der Waals surface area contributed by atoms with Gasteiger partial charge in [0.1, 0.15) is 28.6 Å². The first kappa shape index (κ1) is 33.5. The average Bonchev–Trinajstić information content (AvgIpc) is 3.59. The van der Waals surface area contributed by atoms with E-state index in [1.165, 1.54) is 19.1 Å². The van der Waals surface area contributed by atoms with E-state index in [4.69, 9.17) is 10.5 Å². The van der Waals surface area contributed by atoms with E-state index in [2.05, 4.69) is 5.32 Å². The van der Waals surface area contributed by atoms with Crippen LogP contribution in [0, 0.1) is 30.3 Å². The highest BCUT2D eigenvalue weighted by atomic mass is 19.1. The third kappa shape index (κ3) is 7.10. The lowest BCUT2D eigenvalue weighted by molar-refractivity contribution is -0.147. The summed E-state index contributed by atoms with van der Waals surface area (Å²) in [5, 5.41) is 13.7. The van der Waals surface area contributed by atoms with E-state index in [9.17, 15) is 23.9 Å². The molecule has 0 spiro atoms. The van der Waals surface area contributed by atoms with Gasteiger partial charge in [-0.25, -0.2) is 13.2 Å². The van der Waals surface area contributed by atoms with Gasteiger partial charge in [0.05, 0.1) is 12.2 Å². The number of anilines is 1. The van der Waals surface area contributed by atoms with Crippen molar-refractivity contribution in [2.45, 2.75) is 51.0 Å². The minimum absolute atomic E-state index is 0.0279. The molecule has 0 saturated heterocycles. The first-order chi connectivity index (χ1) is 22.5. The number of aliphatic carboxylic acids is 1. The fourth-order valence-corrected chi connectivity index (χ4v) is 6.34. The van der Waals surface area contributed by atoms with Gasteiger partial charge in [0, 0.05) is 30.2 Å². The van der Waals surface area contributed by atoms with Crippen LogP contribution in [0.3, 0.4) is 0 Å². The van der Waals surface area contributed by atoms with Crippen LogP contribution in [0.15, 0.2) is 77.6 Å². The number of nitrogen functional groups attached to an aromatic ring is 1. The molecule has 1 heterocycles. The molecule has 0 radical (unpaired) electrons. The summed E-state index contributed by atoms with van der Waals surface area (Å²) in [5.74, 6) is -5.05. The number of aromatic nitrogens is 1. The van der Waals surface area contributed by atoms with Crippen LogP contribution < -0.4 is 21.3 Å². The van der Waals surface area contributed by atoms with Crippen molar-refractivity contribution in [3.8, 4) is 11.4 Å². The minimum atomic E-state index is -1.16. The molecule has 8 nitrogen and oxygen atoms in total. The number of aryl methyl sites for hydroxylation is 1. The number of rotatable bonds is 13. The molecule has 0 aliphatic heterocycles. The van der Waals surface area contributed by atoms with Gasteiger partial charge in [-0.1, -0.05) is 43.2 Å². The highest BCUT2D eigenvalue weighted by Crippen LogP contribution is 2.37. The Labute approximate surface area is 270 Å². The van der Waals surface area contributed by atoms with Crippen molar-refractivity contribution in [3.63, 3.8) is 0 Å². The van der Waals surface area contributed by atoms with E-state index in [1.54, 1.807) is 0 Å². The Hall–Kier alpha value is -4.90. The number of hydrogen-bond donors (Lipinski definition) is 3. The molecule has 4 N–H and O–H groups in total. The summed E-state index contributed by atoms with van der Waals surface area (Å²) in [7, 11) is 0. The van der Waals surface area contributed by atoms with Crippen LogP contribution >= 0.6 is 0 Å². The Balaban J connectivity index is 1.29. The van der Waals surface area contributed by atoms with Crippen molar-refractivity contribution in [1.82, 2.24) is 9.88 Å². The molecule has 1 saturated carbocycles. The number of halogens is 3. The van der Waals surface area contributed by atoms with Crippen LogP contribution in [0.2, 0.25) is 0 Å². The van der Waals surface area contributed by atoms with Crippen molar-refractivity contribution >= 4 is 17.6 Å². The van der Waals surface area contributed by atoms with Gasteiger partial charge in [0.2, 0.25) is 0 Å². The molecule has 0 bridgehead atoms. The number of nitrogens with one attached hydrogen (secondary N) is 1. The van der Waals surface area contributed by atoms with Crippen molar-refractivity contribution in [3.05, 3.63) is 123 Å². The number of nitrogens with two attached hydrogens (primary N) is 1. The largest absolute Gasteiger partial charge is 0.493 e. The van der Waals surface area contributed by atoms with Gasteiger partial charge >= 0.3 is 5.97 Å². The number of carbonyl (C=O) groups is 2. The highest BCUT2D eigenvalue weighted by molar-refractivity contribution is 6.11. The summed E-state index contributed by atoms with van der Waals surface area (Å²) >= 11 is 0. The molecule has 4 aromatic rings. The average molecular weight is 648 g/mol. The number of ketones is 1. The molecule has 5 rings (SSSR count). The minimum Gasteiger partial charge on any atom is -0.493 e. The Morgan fingerprint density at radius 1 is 0.979 bits per heavy atom. The van der Waals surface area contributed by atoms with Crippen LogP contribution in [-0.4, -0.2) is 40.1 Å². The van der Waals surface area contributed by atoms with Gasteiger partial charge in [-0.15, -0.1) is 0 Å². The maximum absolute atomic E-state index is 15.4. The zero-order valence-corrected chi connectivity index (χ0v) is 25.9. The quantitative estimate of drug-likeness (QED) is 0.120. The number of nitrogens with zero attached hydrogens (tertiary/aromatic N) is 1. The standard InChI is InChI=1S/C36H36F3N3O5/c1-22-18-24(12-14-28(22)37)33(44)27-13-15-31(43)42(34(27)40)32-29(38)19-26(20-30(32)39)47-17-7-16-41-36(35(45)46,25-10-5-6-11-25)21-23-8-3-2-4-9-23/h2-4,8-9,12-15,18-20,25,41H,5-7,10-11,16-17,21,40H2,1H3,(H,45,46)/t36-/m0/s1. The summed E-state index contributed by atoms with van der Waals surface area (Å²) in [6.07, 6.45) is 4.23. The Bertz CT molecular complexity index is 1820. The van der Waals surface area contributed by atoms with Crippen LogP contribution in [0.25, 0.3) is 5.69 Å². The molecule has 1 aliphatic rings. The Morgan fingerprint density at radius 3 is 2.30 bits per heavy atom. The van der Waals surface area contributed by atoms with E-state index in [1.807, 2.05) is 30.3 Å². The lowest BCUT2D eigenvalue weighted by atomic mass is 9.77. The number of hydrogen-bond acceptors (Lipinski definition) is 6. The van der Waals surface area contributed by atoms with E-state index in [0.717, 1.165) is 61.6 Å². The first-order valence-corrected chi connectivity index (χ1v) is 15.5. The van der Waals surface area contributed by atoms with Crippen molar-refractivity contribution in [2.75, 3.05) is 18.9 Å². The molecule has 1 fully saturated rings. The highest BCUT2D eigenvalue weighted by Gasteiger charge is 2.46.